The summed E-state index contributed by atoms with van der Waals surface area (Å²) in [4.78, 5) is 12.7. The molecular formula is C26H22ClN3O3. The second kappa shape index (κ2) is 10.5. The lowest BCUT2D eigenvalue weighted by Crippen LogP contribution is -2.19. The predicted molar refractivity (Wildman–Crippen MR) is 130 cm³/mol. The molecule has 0 saturated heterocycles. The van der Waals surface area contributed by atoms with Gasteiger partial charge in [0.1, 0.15) is 6.61 Å². The molecule has 0 fully saturated rings. The Morgan fingerprint density at radius 1 is 1.00 bits per heavy atom. The number of amides is 1. The van der Waals surface area contributed by atoms with Crippen molar-refractivity contribution >= 4 is 23.7 Å². The first-order chi connectivity index (χ1) is 16.1. The summed E-state index contributed by atoms with van der Waals surface area (Å²) in [5.74, 6) is 0.870. The van der Waals surface area contributed by atoms with Gasteiger partial charge in [0, 0.05) is 17.4 Å². The number of hydrogen-bond acceptors (Lipinski definition) is 4. The van der Waals surface area contributed by atoms with E-state index in [1.54, 1.807) is 31.5 Å². The first kappa shape index (κ1) is 22.2. The summed E-state index contributed by atoms with van der Waals surface area (Å²) in [5, 5.41) is 4.79. The molecule has 1 aromatic heterocycles. The molecular weight excluding hydrogens is 438 g/mol. The van der Waals surface area contributed by atoms with Crippen LogP contribution >= 0.6 is 11.6 Å². The van der Waals surface area contributed by atoms with Crippen LogP contribution in [0.15, 0.2) is 96.4 Å². The molecule has 1 amide bonds. The SMILES string of the molecule is COc1ccc(/C=N/NC(=O)c2ccccc2-n2cccc2)cc1OCc1ccc(Cl)cc1. The lowest BCUT2D eigenvalue weighted by Gasteiger charge is -2.11. The van der Waals surface area contributed by atoms with Crippen LogP contribution in [0.5, 0.6) is 11.5 Å². The molecule has 0 radical (unpaired) electrons. The van der Waals surface area contributed by atoms with E-state index in [0.717, 1.165) is 16.8 Å². The lowest BCUT2D eigenvalue weighted by atomic mass is 10.1. The van der Waals surface area contributed by atoms with Gasteiger partial charge in [0.05, 0.1) is 24.6 Å². The molecule has 0 bridgehead atoms. The summed E-state index contributed by atoms with van der Waals surface area (Å²) < 4.78 is 13.2. The van der Waals surface area contributed by atoms with E-state index in [0.29, 0.717) is 28.7 Å². The van der Waals surface area contributed by atoms with Crippen LogP contribution in [-0.4, -0.2) is 23.8 Å². The summed E-state index contributed by atoms with van der Waals surface area (Å²) in [6.07, 6.45) is 5.33. The Morgan fingerprint density at radius 2 is 1.76 bits per heavy atom. The van der Waals surface area contributed by atoms with Gasteiger partial charge in [0.15, 0.2) is 11.5 Å². The monoisotopic (exact) mass is 459 g/mol. The highest BCUT2D eigenvalue weighted by molar-refractivity contribution is 6.30. The molecule has 4 aromatic rings. The van der Waals surface area contributed by atoms with Crippen molar-refractivity contribution in [1.82, 2.24) is 9.99 Å². The average molecular weight is 460 g/mol. The van der Waals surface area contributed by atoms with E-state index in [-0.39, 0.29) is 5.91 Å². The fraction of sp³-hybridized carbons (Fsp3) is 0.0769. The molecule has 7 heteroatoms. The number of para-hydroxylation sites is 1. The molecule has 33 heavy (non-hydrogen) atoms. The van der Waals surface area contributed by atoms with Crippen molar-refractivity contribution in [2.75, 3.05) is 7.11 Å². The maximum Gasteiger partial charge on any atom is 0.273 e. The third-order valence-corrected chi connectivity index (χ3v) is 5.16. The molecule has 0 aliphatic carbocycles. The average Bonchev–Trinajstić information content (AvgIpc) is 3.39. The van der Waals surface area contributed by atoms with Crippen LogP contribution in [-0.2, 0) is 6.61 Å². The van der Waals surface area contributed by atoms with E-state index in [9.17, 15) is 4.79 Å². The van der Waals surface area contributed by atoms with E-state index in [1.807, 2.05) is 77.6 Å². The van der Waals surface area contributed by atoms with Gasteiger partial charge in [-0.25, -0.2) is 5.43 Å². The highest BCUT2D eigenvalue weighted by Crippen LogP contribution is 2.28. The van der Waals surface area contributed by atoms with Crippen LogP contribution in [0.25, 0.3) is 5.69 Å². The molecule has 1 N–H and O–H groups in total. The summed E-state index contributed by atoms with van der Waals surface area (Å²) in [6.45, 7) is 0.362. The Balaban J connectivity index is 1.45. The second-order valence-electron chi connectivity index (χ2n) is 7.13. The summed E-state index contributed by atoms with van der Waals surface area (Å²) in [5.41, 5.74) is 5.62. The first-order valence-corrected chi connectivity index (χ1v) is 10.6. The molecule has 6 nitrogen and oxygen atoms in total. The number of hydrogen-bond donors (Lipinski definition) is 1. The standard InChI is InChI=1S/C26H22ClN3O3/c1-32-24-13-10-20(16-25(24)33-18-19-8-11-21(27)12-9-19)17-28-29-26(31)22-6-2-3-7-23(22)30-14-4-5-15-30/h2-17H,18H2,1H3,(H,29,31)/b28-17+. The van der Waals surface area contributed by atoms with Gasteiger partial charge in [-0.2, -0.15) is 5.10 Å². The number of carbonyl (C=O) groups is 1. The highest BCUT2D eigenvalue weighted by atomic mass is 35.5. The number of halogens is 1. The number of nitrogens with one attached hydrogen (secondary N) is 1. The minimum Gasteiger partial charge on any atom is -0.493 e. The Bertz CT molecular complexity index is 1250. The van der Waals surface area contributed by atoms with Crippen molar-refractivity contribution in [2.24, 2.45) is 5.10 Å². The van der Waals surface area contributed by atoms with Crippen molar-refractivity contribution < 1.29 is 14.3 Å². The quantitative estimate of drug-likeness (QED) is 0.280. The van der Waals surface area contributed by atoms with E-state index < -0.39 is 0 Å². The normalized spacial score (nSPS) is 10.8. The van der Waals surface area contributed by atoms with E-state index in [4.69, 9.17) is 21.1 Å². The Kier molecular flexibility index (Phi) is 7.07. The minimum atomic E-state index is -0.303. The van der Waals surface area contributed by atoms with Gasteiger partial charge in [0.2, 0.25) is 0 Å². The lowest BCUT2D eigenvalue weighted by molar-refractivity contribution is 0.0955. The molecule has 3 aromatic carbocycles. The summed E-state index contributed by atoms with van der Waals surface area (Å²) in [6, 6.07) is 24.0. The smallest absolute Gasteiger partial charge is 0.273 e. The molecule has 0 unspecified atom stereocenters. The summed E-state index contributed by atoms with van der Waals surface area (Å²) >= 11 is 5.94. The second-order valence-corrected chi connectivity index (χ2v) is 7.57. The fourth-order valence-corrected chi connectivity index (χ4v) is 3.37. The predicted octanol–water partition coefficient (Wildman–Crippen LogP) is 5.48. The molecule has 0 spiro atoms. The number of nitrogens with zero attached hydrogens (tertiary/aromatic N) is 2. The van der Waals surface area contributed by atoms with Gasteiger partial charge < -0.3 is 14.0 Å². The number of methoxy groups -OCH3 is 1. The van der Waals surface area contributed by atoms with Crippen molar-refractivity contribution in [1.29, 1.82) is 0 Å². The van der Waals surface area contributed by atoms with Gasteiger partial charge in [0.25, 0.3) is 5.91 Å². The Morgan fingerprint density at radius 3 is 2.52 bits per heavy atom. The maximum atomic E-state index is 12.7. The van der Waals surface area contributed by atoms with Gasteiger partial charge in [-0.1, -0.05) is 35.9 Å². The molecule has 1 heterocycles. The number of carbonyl (C=O) groups excluding carboxylic acids is 1. The number of ether oxygens (including phenoxy) is 2. The number of benzene rings is 3. The van der Waals surface area contributed by atoms with Gasteiger partial charge in [-0.15, -0.1) is 0 Å². The third-order valence-electron chi connectivity index (χ3n) is 4.91. The zero-order valence-electron chi connectivity index (χ0n) is 17.9. The number of rotatable bonds is 8. The minimum absolute atomic E-state index is 0.303. The van der Waals surface area contributed by atoms with Crippen molar-refractivity contribution in [3.8, 4) is 17.2 Å². The summed E-state index contributed by atoms with van der Waals surface area (Å²) in [7, 11) is 1.58. The zero-order valence-corrected chi connectivity index (χ0v) is 18.7. The molecule has 0 aliphatic rings. The number of hydrazone groups is 1. The van der Waals surface area contributed by atoms with Crippen LogP contribution < -0.4 is 14.9 Å². The fourth-order valence-electron chi connectivity index (χ4n) is 3.24. The first-order valence-electron chi connectivity index (χ1n) is 10.2. The van der Waals surface area contributed by atoms with Gasteiger partial charge in [-0.05, 0) is 65.7 Å². The zero-order chi connectivity index (χ0) is 23.0. The largest absolute Gasteiger partial charge is 0.493 e. The molecule has 0 saturated carbocycles. The van der Waals surface area contributed by atoms with Crippen LogP contribution in [0.1, 0.15) is 21.5 Å². The maximum absolute atomic E-state index is 12.7. The van der Waals surface area contributed by atoms with Crippen molar-refractivity contribution in [3.05, 3.63) is 113 Å². The van der Waals surface area contributed by atoms with Gasteiger partial charge in [-0.3, -0.25) is 4.79 Å². The van der Waals surface area contributed by atoms with E-state index in [1.165, 1.54) is 0 Å². The molecule has 0 aliphatic heterocycles. The molecule has 0 atom stereocenters. The van der Waals surface area contributed by atoms with E-state index in [2.05, 4.69) is 10.5 Å². The van der Waals surface area contributed by atoms with Crippen molar-refractivity contribution in [3.63, 3.8) is 0 Å². The van der Waals surface area contributed by atoms with Crippen LogP contribution in [0.4, 0.5) is 0 Å². The van der Waals surface area contributed by atoms with Crippen LogP contribution in [0, 0.1) is 0 Å². The van der Waals surface area contributed by atoms with Crippen LogP contribution in [0.2, 0.25) is 5.02 Å². The molecule has 166 valence electrons. The topological polar surface area (TPSA) is 64.8 Å². The van der Waals surface area contributed by atoms with Crippen LogP contribution in [0.3, 0.4) is 0 Å². The van der Waals surface area contributed by atoms with Gasteiger partial charge >= 0.3 is 0 Å². The molecule has 4 rings (SSSR count). The highest BCUT2D eigenvalue weighted by Gasteiger charge is 2.11. The Labute approximate surface area is 197 Å². The van der Waals surface area contributed by atoms with Crippen molar-refractivity contribution in [2.45, 2.75) is 6.61 Å². The number of aromatic nitrogens is 1. The third kappa shape index (κ3) is 5.61. The Hall–Kier alpha value is -4.03. The van der Waals surface area contributed by atoms with E-state index >= 15 is 0 Å².